The largest absolute Gasteiger partial charge is 0.397 e. The lowest BCUT2D eigenvalue weighted by Gasteiger charge is -2.16. The molecular formula is C15H16BrN3O. The van der Waals surface area contributed by atoms with Gasteiger partial charge >= 0.3 is 0 Å². The molecule has 4 nitrogen and oxygen atoms in total. The Morgan fingerprint density at radius 2 is 1.80 bits per heavy atom. The van der Waals surface area contributed by atoms with Crippen LogP contribution in [-0.2, 0) is 0 Å². The lowest BCUT2D eigenvalue weighted by molar-refractivity contribution is 0.102. The first-order valence-electron chi connectivity index (χ1n) is 6.11. The number of nitrogens with one attached hydrogen (secondary N) is 1. The number of nitrogens with zero attached hydrogens (tertiary/aromatic N) is 1. The normalized spacial score (nSPS) is 10.2. The first kappa shape index (κ1) is 14.4. The van der Waals surface area contributed by atoms with E-state index in [9.17, 15) is 4.79 Å². The average Bonchev–Trinajstić information content (AvgIpc) is 2.39. The number of carbonyl (C=O) groups excluding carboxylic acids is 1. The van der Waals surface area contributed by atoms with Crippen LogP contribution in [0.3, 0.4) is 0 Å². The van der Waals surface area contributed by atoms with E-state index in [2.05, 4.69) is 21.2 Å². The van der Waals surface area contributed by atoms with Crippen LogP contribution in [0.2, 0.25) is 0 Å². The van der Waals surface area contributed by atoms with E-state index in [0.29, 0.717) is 16.9 Å². The Morgan fingerprint density at radius 3 is 2.35 bits per heavy atom. The summed E-state index contributed by atoms with van der Waals surface area (Å²) in [7, 11) is 3.84. The lowest BCUT2D eigenvalue weighted by atomic mass is 10.2. The second kappa shape index (κ2) is 5.96. The third-order valence-electron chi connectivity index (χ3n) is 2.87. The Hall–Kier alpha value is -2.01. The fourth-order valence-electron chi connectivity index (χ4n) is 1.84. The minimum atomic E-state index is -0.158. The van der Waals surface area contributed by atoms with Gasteiger partial charge in [-0.1, -0.05) is 15.9 Å². The minimum Gasteiger partial charge on any atom is -0.397 e. The van der Waals surface area contributed by atoms with Gasteiger partial charge in [-0.05, 0) is 42.5 Å². The van der Waals surface area contributed by atoms with Crippen molar-refractivity contribution in [2.75, 3.05) is 30.0 Å². The molecule has 0 aliphatic carbocycles. The summed E-state index contributed by atoms with van der Waals surface area (Å²) in [4.78, 5) is 14.0. The number of amides is 1. The number of benzene rings is 2. The van der Waals surface area contributed by atoms with Gasteiger partial charge in [-0.2, -0.15) is 0 Å². The van der Waals surface area contributed by atoms with Crippen molar-refractivity contribution in [3.63, 3.8) is 0 Å². The van der Waals surface area contributed by atoms with Gasteiger partial charge in [0.1, 0.15) is 0 Å². The second-order valence-electron chi connectivity index (χ2n) is 4.63. The summed E-state index contributed by atoms with van der Waals surface area (Å²) in [6.45, 7) is 0. The molecule has 2 aromatic rings. The SMILES string of the molecule is CN(C)c1ccc(NC(=O)c2ccc(Br)cc2)cc1N. The van der Waals surface area contributed by atoms with Gasteiger partial charge in [-0.15, -0.1) is 0 Å². The Bertz CT molecular complexity index is 624. The van der Waals surface area contributed by atoms with Crippen molar-refractivity contribution in [3.05, 3.63) is 52.5 Å². The number of anilines is 3. The van der Waals surface area contributed by atoms with Crippen molar-refractivity contribution in [1.29, 1.82) is 0 Å². The topological polar surface area (TPSA) is 58.4 Å². The van der Waals surface area contributed by atoms with Crippen LogP contribution in [0.15, 0.2) is 46.9 Å². The van der Waals surface area contributed by atoms with E-state index in [1.54, 1.807) is 18.2 Å². The quantitative estimate of drug-likeness (QED) is 0.847. The summed E-state index contributed by atoms with van der Waals surface area (Å²) in [6, 6.07) is 12.7. The smallest absolute Gasteiger partial charge is 0.255 e. The van der Waals surface area contributed by atoms with Crippen molar-refractivity contribution >= 4 is 38.9 Å². The molecule has 0 saturated carbocycles. The van der Waals surface area contributed by atoms with Crippen molar-refractivity contribution in [1.82, 2.24) is 0 Å². The van der Waals surface area contributed by atoms with Crippen LogP contribution in [-0.4, -0.2) is 20.0 Å². The van der Waals surface area contributed by atoms with E-state index in [4.69, 9.17) is 5.73 Å². The minimum absolute atomic E-state index is 0.158. The first-order chi connectivity index (χ1) is 9.47. The molecule has 0 fully saturated rings. The molecule has 0 radical (unpaired) electrons. The number of rotatable bonds is 3. The van der Waals surface area contributed by atoms with Crippen molar-refractivity contribution < 1.29 is 4.79 Å². The van der Waals surface area contributed by atoms with E-state index in [1.807, 2.05) is 43.3 Å². The van der Waals surface area contributed by atoms with Gasteiger partial charge in [0.05, 0.1) is 11.4 Å². The van der Waals surface area contributed by atoms with Crippen LogP contribution in [0.25, 0.3) is 0 Å². The van der Waals surface area contributed by atoms with E-state index in [-0.39, 0.29) is 5.91 Å². The summed E-state index contributed by atoms with van der Waals surface area (Å²) in [5, 5.41) is 2.83. The summed E-state index contributed by atoms with van der Waals surface area (Å²) in [5.74, 6) is -0.158. The molecule has 0 saturated heterocycles. The monoisotopic (exact) mass is 333 g/mol. The summed E-state index contributed by atoms with van der Waals surface area (Å²) >= 11 is 3.34. The van der Waals surface area contributed by atoms with Crippen molar-refractivity contribution in [2.45, 2.75) is 0 Å². The molecule has 0 aliphatic rings. The third kappa shape index (κ3) is 3.30. The predicted octanol–water partition coefficient (Wildman–Crippen LogP) is 3.35. The Morgan fingerprint density at radius 1 is 1.15 bits per heavy atom. The zero-order chi connectivity index (χ0) is 14.7. The van der Waals surface area contributed by atoms with E-state index in [1.165, 1.54) is 0 Å². The maximum Gasteiger partial charge on any atom is 0.255 e. The molecule has 2 rings (SSSR count). The molecule has 3 N–H and O–H groups in total. The number of hydrogen-bond acceptors (Lipinski definition) is 3. The summed E-state index contributed by atoms with van der Waals surface area (Å²) < 4.78 is 0.939. The maximum absolute atomic E-state index is 12.1. The van der Waals surface area contributed by atoms with Crippen molar-refractivity contribution in [3.8, 4) is 0 Å². The van der Waals surface area contributed by atoms with E-state index in [0.717, 1.165) is 10.2 Å². The molecule has 0 unspecified atom stereocenters. The Kier molecular flexibility index (Phi) is 4.29. The van der Waals surface area contributed by atoms with Crippen LogP contribution in [0.4, 0.5) is 17.1 Å². The molecule has 0 spiro atoms. The second-order valence-corrected chi connectivity index (χ2v) is 5.54. The van der Waals surface area contributed by atoms with Crippen LogP contribution in [0.1, 0.15) is 10.4 Å². The van der Waals surface area contributed by atoms with Gasteiger partial charge in [-0.25, -0.2) is 0 Å². The number of nitrogen functional groups attached to an aromatic ring is 1. The van der Waals surface area contributed by atoms with E-state index < -0.39 is 0 Å². The van der Waals surface area contributed by atoms with Crippen LogP contribution < -0.4 is 16.0 Å². The molecule has 2 aromatic carbocycles. The molecule has 1 amide bonds. The fourth-order valence-corrected chi connectivity index (χ4v) is 2.11. The molecule has 0 aliphatic heterocycles. The van der Waals surface area contributed by atoms with Gasteiger partial charge in [0.15, 0.2) is 0 Å². The molecule has 0 bridgehead atoms. The first-order valence-corrected chi connectivity index (χ1v) is 6.90. The summed E-state index contributed by atoms with van der Waals surface area (Å²) in [5.41, 5.74) is 8.79. The van der Waals surface area contributed by atoms with Gasteiger partial charge in [0, 0.05) is 29.8 Å². The Balaban J connectivity index is 2.16. The molecule has 5 heteroatoms. The van der Waals surface area contributed by atoms with E-state index >= 15 is 0 Å². The van der Waals surface area contributed by atoms with Crippen LogP contribution in [0, 0.1) is 0 Å². The standard InChI is InChI=1S/C15H16BrN3O/c1-19(2)14-8-7-12(9-13(14)17)18-15(20)10-3-5-11(16)6-4-10/h3-9H,17H2,1-2H3,(H,18,20). The van der Waals surface area contributed by atoms with Gasteiger partial charge in [0.25, 0.3) is 5.91 Å². The highest BCUT2D eigenvalue weighted by atomic mass is 79.9. The van der Waals surface area contributed by atoms with Gasteiger partial charge in [-0.3, -0.25) is 4.79 Å². The average molecular weight is 334 g/mol. The molecule has 0 aromatic heterocycles. The summed E-state index contributed by atoms with van der Waals surface area (Å²) in [6.07, 6.45) is 0. The highest BCUT2D eigenvalue weighted by molar-refractivity contribution is 9.10. The number of nitrogens with two attached hydrogens (primary N) is 1. The van der Waals surface area contributed by atoms with Gasteiger partial charge in [0.2, 0.25) is 0 Å². The van der Waals surface area contributed by atoms with Crippen molar-refractivity contribution in [2.24, 2.45) is 0 Å². The van der Waals surface area contributed by atoms with Crippen LogP contribution in [0.5, 0.6) is 0 Å². The molecule has 0 heterocycles. The predicted molar refractivity (Wildman–Crippen MR) is 87.3 cm³/mol. The fraction of sp³-hybridized carbons (Fsp3) is 0.133. The third-order valence-corrected chi connectivity index (χ3v) is 3.40. The number of carbonyl (C=O) groups is 1. The number of halogens is 1. The maximum atomic E-state index is 12.1. The number of hydrogen-bond donors (Lipinski definition) is 2. The molecule has 20 heavy (non-hydrogen) atoms. The molecular weight excluding hydrogens is 318 g/mol. The van der Waals surface area contributed by atoms with Crippen LogP contribution >= 0.6 is 15.9 Å². The Labute approximate surface area is 126 Å². The molecule has 0 atom stereocenters. The van der Waals surface area contributed by atoms with Gasteiger partial charge < -0.3 is 16.0 Å². The zero-order valence-corrected chi connectivity index (χ0v) is 12.9. The highest BCUT2D eigenvalue weighted by Gasteiger charge is 2.08. The highest BCUT2D eigenvalue weighted by Crippen LogP contribution is 2.25. The molecule has 104 valence electrons. The zero-order valence-electron chi connectivity index (χ0n) is 11.4. The lowest BCUT2D eigenvalue weighted by Crippen LogP contribution is -2.14.